The Kier molecular flexibility index (Phi) is 12.2. The molecule has 0 rings (SSSR count). The normalized spacial score (nSPS) is 7.38. The van der Waals surface area contributed by atoms with Crippen LogP contribution in [0.25, 0.3) is 0 Å². The summed E-state index contributed by atoms with van der Waals surface area (Å²) in [6.07, 6.45) is 1.96. The molecule has 0 N–H and O–H groups in total. The maximum atomic E-state index is 4.85. The van der Waals surface area contributed by atoms with E-state index in [9.17, 15) is 0 Å². The molecule has 0 radical (unpaired) electrons. The van der Waals surface area contributed by atoms with E-state index in [-0.39, 0.29) is 51.4 Å². The molecule has 0 amide bonds. The van der Waals surface area contributed by atoms with E-state index < -0.39 is 0 Å². The van der Waals surface area contributed by atoms with E-state index in [0.717, 1.165) is 4.32 Å². The van der Waals surface area contributed by atoms with Crippen LogP contribution in [0.5, 0.6) is 0 Å². The molecule has 0 aliphatic carbocycles. The van der Waals surface area contributed by atoms with Gasteiger partial charge in [0.25, 0.3) is 0 Å². The van der Waals surface area contributed by atoms with Gasteiger partial charge in [0.1, 0.15) is 0 Å². The predicted molar refractivity (Wildman–Crippen MR) is 48.2 cm³/mol. The number of rotatable bonds is 0. The third kappa shape index (κ3) is 6.51. The molecule has 0 aromatic carbocycles. The molecule has 0 atom stereocenters. The third-order valence-corrected chi connectivity index (χ3v) is 2.84. The van der Waals surface area contributed by atoms with Gasteiger partial charge in [-0.05, 0) is 0 Å². The molecule has 0 bridgehead atoms. The molecular weight excluding hydrogens is 232 g/mol. The number of thioether (sulfide) groups is 1. The topological polar surface area (TPSA) is 3.24 Å². The summed E-state index contributed by atoms with van der Waals surface area (Å²) < 4.78 is 2.76. The number of hydrogen-bond acceptors (Lipinski definition) is 2. The van der Waals surface area contributed by atoms with Crippen molar-refractivity contribution in [3.63, 3.8) is 0 Å². The number of hydrogen-bond donors (Lipinski definition) is 0. The van der Waals surface area contributed by atoms with Gasteiger partial charge in [-0.1, -0.05) is 0 Å². The van der Waals surface area contributed by atoms with E-state index in [4.69, 9.17) is 12.2 Å². The fraction of sp³-hybridized carbons (Fsp3) is 0.667. The fourth-order valence-corrected chi connectivity index (χ4v) is 0.910. The second-order valence-electron chi connectivity index (χ2n) is 0.994. The van der Waals surface area contributed by atoms with Crippen molar-refractivity contribution in [1.82, 2.24) is 3.92 Å². The summed E-state index contributed by atoms with van der Waals surface area (Å²) in [5.74, 6) is 0. The maximum absolute atomic E-state index is 4.85. The van der Waals surface area contributed by atoms with Crippen LogP contribution < -0.4 is 0 Å². The van der Waals surface area contributed by atoms with E-state index in [1.54, 1.807) is 11.8 Å². The summed E-state index contributed by atoms with van der Waals surface area (Å²) in [6.45, 7) is 0. The summed E-state index contributed by atoms with van der Waals surface area (Å²) in [7, 11) is 1.92. The molecule has 5 heteroatoms. The Labute approximate surface area is 111 Å². The molecule has 0 saturated carbocycles. The molecule has 8 heavy (non-hydrogen) atoms. The van der Waals surface area contributed by atoms with Crippen LogP contribution in [0.3, 0.4) is 0 Å². The molecular formula is C3H8KNS2Se. The second kappa shape index (κ2) is 7.50. The zero-order valence-electron chi connectivity index (χ0n) is 4.21. The van der Waals surface area contributed by atoms with Gasteiger partial charge >= 0.3 is 113 Å². The van der Waals surface area contributed by atoms with Crippen molar-refractivity contribution < 1.29 is 0 Å². The first-order valence-electron chi connectivity index (χ1n) is 1.69. The number of nitrogens with zero attached hydrogens (tertiary/aromatic N) is 1. The van der Waals surface area contributed by atoms with Crippen LogP contribution in [-0.4, -0.2) is 89.2 Å². The van der Waals surface area contributed by atoms with E-state index in [2.05, 4.69) is 16.2 Å². The standard InChI is InChI=1S/C3H7NS2Se.K.H/c1-4(7)3(5)6-2;;/h7H,1-2H3;;. The summed E-state index contributed by atoms with van der Waals surface area (Å²) >= 11 is 8.78. The molecule has 0 spiro atoms. The van der Waals surface area contributed by atoms with Gasteiger partial charge in [0.05, 0.1) is 0 Å². The molecule has 0 unspecified atom stereocenters. The van der Waals surface area contributed by atoms with Crippen LogP contribution in [0.2, 0.25) is 0 Å². The van der Waals surface area contributed by atoms with Crippen LogP contribution >= 0.6 is 24.0 Å². The zero-order valence-corrected chi connectivity index (χ0v) is 7.72. The van der Waals surface area contributed by atoms with Gasteiger partial charge in [-0.3, -0.25) is 0 Å². The Morgan fingerprint density at radius 1 is 1.75 bits per heavy atom. The average molecular weight is 240 g/mol. The van der Waals surface area contributed by atoms with E-state index in [0.29, 0.717) is 0 Å². The Balaban J connectivity index is 0. The van der Waals surface area contributed by atoms with Crippen molar-refractivity contribution in [2.24, 2.45) is 0 Å². The first-order valence-corrected chi connectivity index (χ1v) is 4.16. The Morgan fingerprint density at radius 3 is 2.12 bits per heavy atom. The molecule has 1 nitrogen and oxygen atoms in total. The van der Waals surface area contributed by atoms with Gasteiger partial charge < -0.3 is 0 Å². The molecule has 0 heterocycles. The van der Waals surface area contributed by atoms with Gasteiger partial charge in [0, 0.05) is 0 Å². The monoisotopic (exact) mass is 241 g/mol. The quantitative estimate of drug-likeness (QED) is 0.424. The van der Waals surface area contributed by atoms with Crippen LogP contribution in [0.4, 0.5) is 0 Å². The molecule has 0 fully saturated rings. The summed E-state index contributed by atoms with van der Waals surface area (Å²) in [5.41, 5.74) is 0. The van der Waals surface area contributed by atoms with Crippen LogP contribution in [0, 0.1) is 0 Å². The molecule has 44 valence electrons. The van der Waals surface area contributed by atoms with Gasteiger partial charge in [0.15, 0.2) is 0 Å². The predicted octanol–water partition coefficient (Wildman–Crippen LogP) is -0.267. The van der Waals surface area contributed by atoms with Crippen molar-refractivity contribution in [3.8, 4) is 0 Å². The Hall–Kier alpha value is 2.40. The SMILES string of the molecule is CSC(=S)N(C)[SeH].[KH]. The molecule has 0 aliphatic heterocycles. The Bertz CT molecular complexity index is 77.7. The first kappa shape index (κ1) is 13.0. The van der Waals surface area contributed by atoms with Crippen molar-refractivity contribution in [1.29, 1.82) is 0 Å². The fourth-order valence-electron chi connectivity index (χ4n) is 0.132. The van der Waals surface area contributed by atoms with E-state index >= 15 is 0 Å². The number of thiocarbonyl (C=S) groups is 1. The van der Waals surface area contributed by atoms with Gasteiger partial charge in [-0.15, -0.1) is 0 Å². The van der Waals surface area contributed by atoms with Gasteiger partial charge in [-0.25, -0.2) is 0 Å². The van der Waals surface area contributed by atoms with Crippen molar-refractivity contribution in [2.75, 3.05) is 13.3 Å². The van der Waals surface area contributed by atoms with Crippen molar-refractivity contribution >= 4 is 95.9 Å². The van der Waals surface area contributed by atoms with Crippen LogP contribution in [0.15, 0.2) is 0 Å². The minimum absolute atomic E-state index is 0. The second-order valence-corrected chi connectivity index (χ2v) is 3.69. The molecule has 0 aliphatic rings. The van der Waals surface area contributed by atoms with E-state index in [1.165, 1.54) is 0 Å². The summed E-state index contributed by atoms with van der Waals surface area (Å²) in [5, 5.41) is 0. The first-order chi connectivity index (χ1) is 3.18. The van der Waals surface area contributed by atoms with E-state index in [1.807, 2.05) is 17.2 Å². The summed E-state index contributed by atoms with van der Waals surface area (Å²) in [4.78, 5) is 0. The molecule has 0 saturated heterocycles. The molecule has 0 aromatic heterocycles. The van der Waals surface area contributed by atoms with Crippen molar-refractivity contribution in [3.05, 3.63) is 0 Å². The van der Waals surface area contributed by atoms with Crippen LogP contribution in [-0.2, 0) is 0 Å². The van der Waals surface area contributed by atoms with Crippen molar-refractivity contribution in [2.45, 2.75) is 0 Å². The zero-order chi connectivity index (χ0) is 5.86. The van der Waals surface area contributed by atoms with Crippen LogP contribution in [0.1, 0.15) is 0 Å². The average Bonchev–Trinajstić information content (AvgIpc) is 1.65. The third-order valence-electron chi connectivity index (χ3n) is 0.439. The Morgan fingerprint density at radius 2 is 2.12 bits per heavy atom. The van der Waals surface area contributed by atoms with Gasteiger partial charge in [-0.2, -0.15) is 0 Å². The van der Waals surface area contributed by atoms with Gasteiger partial charge in [0.2, 0.25) is 0 Å². The minimum atomic E-state index is 0. The molecule has 0 aromatic rings. The summed E-state index contributed by atoms with van der Waals surface area (Å²) in [6, 6.07) is 0.